The average Bonchev–Trinajstić information content (AvgIpc) is 3.21. The van der Waals surface area contributed by atoms with Crippen molar-refractivity contribution in [3.05, 3.63) is 36.2 Å². The highest BCUT2D eigenvalue weighted by atomic mass is 19.1. The summed E-state index contributed by atoms with van der Waals surface area (Å²) in [6, 6.07) is 2.91. The van der Waals surface area contributed by atoms with Crippen molar-refractivity contribution in [2.24, 2.45) is 5.92 Å². The van der Waals surface area contributed by atoms with Gasteiger partial charge in [0.25, 0.3) is 0 Å². The van der Waals surface area contributed by atoms with Crippen LogP contribution in [0.1, 0.15) is 31.5 Å². The molecule has 0 spiro atoms. The molecule has 3 fully saturated rings. The molecule has 10 nitrogen and oxygen atoms in total. The fourth-order valence-electron chi connectivity index (χ4n) is 5.67. The van der Waals surface area contributed by atoms with Crippen LogP contribution >= 0.6 is 0 Å². The van der Waals surface area contributed by atoms with Crippen LogP contribution in [0.5, 0.6) is 5.75 Å². The Balaban J connectivity index is 1.20. The Bertz CT molecular complexity index is 1460. The molecule has 0 unspecified atom stereocenters. The number of ether oxygens (including phenoxy) is 1. The third-order valence-corrected chi connectivity index (χ3v) is 7.89. The van der Waals surface area contributed by atoms with Crippen LogP contribution in [-0.4, -0.2) is 60.3 Å². The third kappa shape index (κ3) is 2.76. The van der Waals surface area contributed by atoms with Gasteiger partial charge < -0.3 is 20.5 Å². The maximum absolute atomic E-state index is 14.4. The lowest BCUT2D eigenvalue weighted by Crippen LogP contribution is -2.41. The molecule has 4 heterocycles. The predicted octanol–water partition coefficient (Wildman–Crippen LogP) is 1.90. The van der Waals surface area contributed by atoms with Crippen molar-refractivity contribution in [1.29, 1.82) is 0 Å². The molecule has 0 bridgehead atoms. The summed E-state index contributed by atoms with van der Waals surface area (Å²) in [5.41, 5.74) is 7.46. The molecular weight excluding hydrogens is 439 g/mol. The van der Waals surface area contributed by atoms with E-state index in [1.165, 1.54) is 23.8 Å². The van der Waals surface area contributed by atoms with Gasteiger partial charge in [-0.1, -0.05) is 0 Å². The van der Waals surface area contributed by atoms with Gasteiger partial charge in [-0.3, -0.25) is 4.68 Å². The zero-order valence-electron chi connectivity index (χ0n) is 18.8. The van der Waals surface area contributed by atoms with Gasteiger partial charge in [0.2, 0.25) is 5.95 Å². The van der Waals surface area contributed by atoms with E-state index in [9.17, 15) is 9.50 Å². The number of hydrogen-bond acceptors (Lipinski definition) is 8. The van der Waals surface area contributed by atoms with E-state index < -0.39 is 11.4 Å². The first kappa shape index (κ1) is 20.0. The number of methoxy groups -OCH3 is 1. The van der Waals surface area contributed by atoms with Crippen LogP contribution in [-0.2, 0) is 12.0 Å². The van der Waals surface area contributed by atoms with Gasteiger partial charge in [-0.2, -0.15) is 9.61 Å². The van der Waals surface area contributed by atoms with Crippen molar-refractivity contribution in [3.8, 4) is 5.75 Å². The molecule has 2 aliphatic carbocycles. The number of piperidine rings is 1. The van der Waals surface area contributed by atoms with E-state index in [4.69, 9.17) is 20.6 Å². The summed E-state index contributed by atoms with van der Waals surface area (Å²) in [5, 5.41) is 20.2. The van der Waals surface area contributed by atoms with Crippen molar-refractivity contribution in [3.63, 3.8) is 0 Å². The molecule has 1 aliphatic heterocycles. The molecular formula is C23H25FN8O2. The number of hydrogen-bond donors (Lipinski definition) is 2. The van der Waals surface area contributed by atoms with Crippen LogP contribution in [0.4, 0.5) is 16.0 Å². The minimum atomic E-state index is -0.613. The van der Waals surface area contributed by atoms with E-state index in [2.05, 4.69) is 15.0 Å². The molecule has 3 N–H and O–H groups in total. The van der Waals surface area contributed by atoms with Crippen molar-refractivity contribution >= 4 is 28.2 Å². The van der Waals surface area contributed by atoms with Gasteiger partial charge in [0.05, 0.1) is 42.1 Å². The lowest BCUT2D eigenvalue weighted by molar-refractivity contribution is -0.0498. The third-order valence-electron chi connectivity index (χ3n) is 7.89. The Morgan fingerprint density at radius 1 is 1.29 bits per heavy atom. The Labute approximate surface area is 194 Å². The summed E-state index contributed by atoms with van der Waals surface area (Å²) >= 11 is 0. The quantitative estimate of drug-likeness (QED) is 0.460. The zero-order chi connectivity index (χ0) is 23.2. The second-order valence-electron chi connectivity index (χ2n) is 10.1. The van der Waals surface area contributed by atoms with E-state index in [0.717, 1.165) is 44.5 Å². The second kappa shape index (κ2) is 6.56. The van der Waals surface area contributed by atoms with Crippen molar-refractivity contribution in [1.82, 2.24) is 29.4 Å². The van der Waals surface area contributed by atoms with Gasteiger partial charge in [-0.05, 0) is 37.7 Å². The molecule has 1 aromatic carbocycles. The summed E-state index contributed by atoms with van der Waals surface area (Å²) in [5.74, 6) is 0.982. The number of halogens is 1. The monoisotopic (exact) mass is 464 g/mol. The fourth-order valence-corrected chi connectivity index (χ4v) is 5.67. The SMILES string of the molecule is COc1cc2nc(N)n3nc([C@@]45C[C@@H]4CN(c4cnn(CC6(O)CCC6)c4)C5)nc3c2cc1F. The van der Waals surface area contributed by atoms with Crippen LogP contribution in [0.15, 0.2) is 24.5 Å². The van der Waals surface area contributed by atoms with Gasteiger partial charge in [0, 0.05) is 30.7 Å². The second-order valence-corrected chi connectivity index (χ2v) is 10.1. The topological polar surface area (TPSA) is 120 Å². The van der Waals surface area contributed by atoms with Crippen molar-refractivity contribution < 1.29 is 14.2 Å². The van der Waals surface area contributed by atoms with Crippen LogP contribution < -0.4 is 15.4 Å². The Kier molecular flexibility index (Phi) is 3.85. The van der Waals surface area contributed by atoms with Crippen LogP contribution in [0.3, 0.4) is 0 Å². The van der Waals surface area contributed by atoms with Gasteiger partial charge in [-0.25, -0.2) is 14.4 Å². The smallest absolute Gasteiger partial charge is 0.223 e. The van der Waals surface area contributed by atoms with Gasteiger partial charge in [0.15, 0.2) is 23.0 Å². The minimum Gasteiger partial charge on any atom is -0.494 e. The number of nitrogens with two attached hydrogens (primary N) is 1. The molecule has 3 aliphatic rings. The lowest BCUT2D eigenvalue weighted by atomic mass is 9.80. The highest BCUT2D eigenvalue weighted by molar-refractivity contribution is 5.93. The molecule has 0 radical (unpaired) electrons. The van der Waals surface area contributed by atoms with E-state index >= 15 is 0 Å². The number of aliphatic hydroxyl groups is 1. The number of anilines is 2. The van der Waals surface area contributed by atoms with Gasteiger partial charge >= 0.3 is 0 Å². The Morgan fingerprint density at radius 3 is 2.91 bits per heavy atom. The maximum atomic E-state index is 14.4. The molecule has 11 heteroatoms. The van der Waals surface area contributed by atoms with Crippen LogP contribution in [0, 0.1) is 11.7 Å². The lowest BCUT2D eigenvalue weighted by Gasteiger charge is -2.36. The number of benzene rings is 1. The maximum Gasteiger partial charge on any atom is 0.223 e. The van der Waals surface area contributed by atoms with Crippen LogP contribution in [0.2, 0.25) is 0 Å². The summed E-state index contributed by atoms with van der Waals surface area (Å²) in [6.07, 6.45) is 7.62. The number of nitrogen functional groups attached to an aromatic ring is 1. The predicted molar refractivity (Wildman–Crippen MR) is 122 cm³/mol. The summed E-state index contributed by atoms with van der Waals surface area (Å²) in [4.78, 5) is 11.5. The average molecular weight is 465 g/mol. The highest BCUT2D eigenvalue weighted by Gasteiger charge is 2.63. The van der Waals surface area contributed by atoms with E-state index in [1.54, 1.807) is 0 Å². The minimum absolute atomic E-state index is 0.112. The molecule has 7 rings (SSSR count). The van der Waals surface area contributed by atoms with Crippen molar-refractivity contribution in [2.75, 3.05) is 30.8 Å². The molecule has 3 aromatic heterocycles. The van der Waals surface area contributed by atoms with E-state index in [1.807, 2.05) is 17.1 Å². The number of nitrogens with zero attached hydrogens (tertiary/aromatic N) is 7. The standard InChI is InChI=1S/C23H25FN8O2/c1-34-18-6-17-15(5-16(18)24)19-28-20(29-32(19)21(25)27-17)23-7-13(23)9-30(12-23)14-8-26-31(10-14)11-22(33)3-2-4-22/h5-6,8,10,13,33H,2-4,7,9,11-12H2,1H3,(H2,25,27)/t13-,23-/m1/s1. The zero-order valence-corrected chi connectivity index (χ0v) is 18.8. The first-order chi connectivity index (χ1) is 16.4. The first-order valence-corrected chi connectivity index (χ1v) is 11.6. The Morgan fingerprint density at radius 2 is 2.15 bits per heavy atom. The fraction of sp³-hybridized carbons (Fsp3) is 0.478. The number of rotatable bonds is 5. The molecule has 2 saturated carbocycles. The van der Waals surface area contributed by atoms with E-state index in [0.29, 0.717) is 34.8 Å². The van der Waals surface area contributed by atoms with Gasteiger partial charge in [0.1, 0.15) is 0 Å². The first-order valence-electron chi connectivity index (χ1n) is 11.6. The summed E-state index contributed by atoms with van der Waals surface area (Å²) in [6.45, 7) is 2.20. The van der Waals surface area contributed by atoms with Gasteiger partial charge in [-0.15, -0.1) is 5.10 Å². The highest BCUT2D eigenvalue weighted by Crippen LogP contribution is 2.58. The van der Waals surface area contributed by atoms with Crippen molar-refractivity contribution in [2.45, 2.75) is 43.2 Å². The summed E-state index contributed by atoms with van der Waals surface area (Å²) in [7, 11) is 1.42. The molecule has 34 heavy (non-hydrogen) atoms. The largest absolute Gasteiger partial charge is 0.494 e. The molecule has 0 amide bonds. The van der Waals surface area contributed by atoms with E-state index in [-0.39, 0.29) is 17.1 Å². The number of aromatic nitrogens is 6. The summed E-state index contributed by atoms with van der Waals surface area (Å²) < 4.78 is 22.9. The molecule has 1 saturated heterocycles. The Hall–Kier alpha value is -3.47. The number of fused-ring (bicyclic) bond motifs is 4. The molecule has 176 valence electrons. The molecule has 2 atom stereocenters. The normalized spacial score (nSPS) is 25.0. The van der Waals surface area contributed by atoms with Crippen LogP contribution in [0.25, 0.3) is 16.6 Å². The molecule has 4 aromatic rings.